The van der Waals surface area contributed by atoms with Crippen molar-refractivity contribution in [2.45, 2.75) is 27.3 Å². The molecule has 0 aliphatic carbocycles. The van der Waals surface area contributed by atoms with Gasteiger partial charge in [0.05, 0.1) is 17.6 Å². The number of halogens is 1. The topological polar surface area (TPSA) is 83.6 Å². The number of anilines is 1. The Morgan fingerprint density at radius 1 is 1.34 bits per heavy atom. The molecule has 1 saturated heterocycles. The summed E-state index contributed by atoms with van der Waals surface area (Å²) in [5.74, 6) is 1.19. The molecule has 1 amide bonds. The monoisotopic (exact) mass is 514 g/mol. The Kier molecular flexibility index (Phi) is 8.05. The Labute approximate surface area is 189 Å². The zero-order valence-corrected chi connectivity index (χ0v) is 20.1. The fourth-order valence-electron chi connectivity index (χ4n) is 3.49. The summed E-state index contributed by atoms with van der Waals surface area (Å²) in [6.07, 6.45) is 3.59. The average Bonchev–Trinajstić information content (AvgIpc) is 3.20. The second-order valence-corrected chi connectivity index (χ2v) is 7.48. The van der Waals surface area contributed by atoms with Crippen LogP contribution >= 0.6 is 24.0 Å². The van der Waals surface area contributed by atoms with E-state index < -0.39 is 0 Å². The summed E-state index contributed by atoms with van der Waals surface area (Å²) in [6, 6.07) is 2.09. The number of carbonyl (C=O) groups excluding carboxylic acids is 1. The van der Waals surface area contributed by atoms with Crippen LogP contribution in [0.3, 0.4) is 0 Å². The summed E-state index contributed by atoms with van der Waals surface area (Å²) in [6.45, 7) is 9.53. The molecule has 2 aromatic heterocycles. The van der Waals surface area contributed by atoms with E-state index in [9.17, 15) is 4.79 Å². The minimum Gasteiger partial charge on any atom is -0.356 e. The first-order chi connectivity index (χ1) is 13.4. The van der Waals surface area contributed by atoms with Crippen molar-refractivity contribution >= 4 is 41.5 Å². The molecule has 1 aliphatic heterocycles. The molecule has 1 N–H and O–H groups in total. The lowest BCUT2D eigenvalue weighted by molar-refractivity contribution is -0.120. The number of piperazine rings is 1. The molecule has 0 radical (unpaired) electrons. The highest BCUT2D eigenvalue weighted by Crippen LogP contribution is 2.16. The minimum absolute atomic E-state index is 0. The standard InChI is InChI=1S/C19H30N8O.HI/c1-14(11-27-16(3)8-15(2)23-27)9-21-19(20-4)25-6-7-26(18(28)13-25)17-10-22-24(5)12-17;/h8,10,12,14H,6-7,9,11,13H2,1-5H3,(H,20,21);1H. The van der Waals surface area contributed by atoms with Gasteiger partial charge < -0.3 is 15.1 Å². The van der Waals surface area contributed by atoms with Gasteiger partial charge in [0, 0.05) is 52.2 Å². The van der Waals surface area contributed by atoms with Gasteiger partial charge in [0.25, 0.3) is 0 Å². The molecule has 2 aromatic rings. The van der Waals surface area contributed by atoms with Crippen molar-refractivity contribution in [3.63, 3.8) is 0 Å². The molecule has 1 atom stereocenters. The number of hydrogen-bond acceptors (Lipinski definition) is 4. The SMILES string of the molecule is CN=C(NCC(C)Cn1nc(C)cc1C)N1CCN(c2cnn(C)c2)C(=O)C1.I. The zero-order valence-electron chi connectivity index (χ0n) is 17.8. The van der Waals surface area contributed by atoms with Gasteiger partial charge in [-0.1, -0.05) is 6.92 Å². The molecular weight excluding hydrogens is 483 g/mol. The number of guanidine groups is 1. The van der Waals surface area contributed by atoms with Crippen molar-refractivity contribution in [2.24, 2.45) is 18.0 Å². The largest absolute Gasteiger partial charge is 0.356 e. The van der Waals surface area contributed by atoms with Gasteiger partial charge in [0.1, 0.15) is 6.54 Å². The Morgan fingerprint density at radius 2 is 2.10 bits per heavy atom. The summed E-state index contributed by atoms with van der Waals surface area (Å²) >= 11 is 0. The van der Waals surface area contributed by atoms with Crippen molar-refractivity contribution in [3.8, 4) is 0 Å². The van der Waals surface area contributed by atoms with E-state index in [-0.39, 0.29) is 29.9 Å². The van der Waals surface area contributed by atoms with Gasteiger partial charge in [0.15, 0.2) is 5.96 Å². The minimum atomic E-state index is 0. The molecule has 0 bridgehead atoms. The summed E-state index contributed by atoms with van der Waals surface area (Å²) in [5.41, 5.74) is 3.05. The van der Waals surface area contributed by atoms with E-state index in [1.54, 1.807) is 22.8 Å². The van der Waals surface area contributed by atoms with E-state index in [4.69, 9.17) is 0 Å². The molecule has 1 unspecified atom stereocenters. The van der Waals surface area contributed by atoms with Gasteiger partial charge >= 0.3 is 0 Å². The zero-order chi connectivity index (χ0) is 20.3. The molecule has 0 spiro atoms. The maximum atomic E-state index is 12.6. The number of hydrogen-bond donors (Lipinski definition) is 1. The van der Waals surface area contributed by atoms with Crippen molar-refractivity contribution < 1.29 is 4.79 Å². The van der Waals surface area contributed by atoms with Gasteiger partial charge in [-0.3, -0.25) is 19.2 Å². The molecule has 29 heavy (non-hydrogen) atoms. The van der Waals surface area contributed by atoms with Crippen LogP contribution in [0.15, 0.2) is 23.5 Å². The highest BCUT2D eigenvalue weighted by atomic mass is 127. The normalized spacial score (nSPS) is 16.0. The number of rotatable bonds is 5. The lowest BCUT2D eigenvalue weighted by Gasteiger charge is -2.35. The third-order valence-electron chi connectivity index (χ3n) is 4.93. The van der Waals surface area contributed by atoms with Crippen LogP contribution in [-0.4, -0.2) is 69.6 Å². The van der Waals surface area contributed by atoms with Crippen LogP contribution in [0.1, 0.15) is 18.3 Å². The summed E-state index contributed by atoms with van der Waals surface area (Å²) < 4.78 is 3.75. The van der Waals surface area contributed by atoms with Crippen molar-refractivity contribution in [1.82, 2.24) is 29.8 Å². The van der Waals surface area contributed by atoms with E-state index in [0.29, 0.717) is 19.0 Å². The molecular formula is C19H31IN8O. The van der Waals surface area contributed by atoms with E-state index >= 15 is 0 Å². The summed E-state index contributed by atoms with van der Waals surface area (Å²) in [7, 11) is 3.61. The molecule has 0 saturated carbocycles. The van der Waals surface area contributed by atoms with Crippen LogP contribution in [-0.2, 0) is 18.4 Å². The van der Waals surface area contributed by atoms with Crippen LogP contribution in [0, 0.1) is 19.8 Å². The van der Waals surface area contributed by atoms with E-state index in [1.807, 2.05) is 29.7 Å². The maximum Gasteiger partial charge on any atom is 0.246 e. The van der Waals surface area contributed by atoms with Crippen molar-refractivity contribution in [2.75, 3.05) is 38.1 Å². The number of aryl methyl sites for hydroxylation is 3. The molecule has 3 heterocycles. The first kappa shape index (κ1) is 23.2. The molecule has 1 fully saturated rings. The van der Waals surface area contributed by atoms with Gasteiger partial charge in [-0.2, -0.15) is 10.2 Å². The van der Waals surface area contributed by atoms with Gasteiger partial charge in [-0.25, -0.2) is 0 Å². The summed E-state index contributed by atoms with van der Waals surface area (Å²) in [4.78, 5) is 20.8. The van der Waals surface area contributed by atoms with Crippen LogP contribution in [0.5, 0.6) is 0 Å². The predicted molar refractivity (Wildman–Crippen MR) is 125 cm³/mol. The molecule has 3 rings (SSSR count). The van der Waals surface area contributed by atoms with Crippen molar-refractivity contribution in [3.05, 3.63) is 29.8 Å². The molecule has 160 valence electrons. The number of aromatic nitrogens is 4. The maximum absolute atomic E-state index is 12.6. The molecule has 1 aliphatic rings. The molecule has 9 nitrogen and oxygen atoms in total. The number of carbonyl (C=O) groups is 1. The van der Waals surface area contributed by atoms with E-state index in [2.05, 4.69) is 40.4 Å². The van der Waals surface area contributed by atoms with Crippen LogP contribution in [0.4, 0.5) is 5.69 Å². The van der Waals surface area contributed by atoms with Gasteiger partial charge in [0.2, 0.25) is 5.91 Å². The van der Waals surface area contributed by atoms with E-state index in [0.717, 1.165) is 37.0 Å². The average molecular weight is 514 g/mol. The fourth-order valence-corrected chi connectivity index (χ4v) is 3.49. The highest BCUT2D eigenvalue weighted by Gasteiger charge is 2.27. The number of aliphatic imine (C=N–C) groups is 1. The summed E-state index contributed by atoms with van der Waals surface area (Å²) in [5, 5.41) is 12.1. The third-order valence-corrected chi connectivity index (χ3v) is 4.93. The third kappa shape index (κ3) is 5.71. The Balaban J connectivity index is 0.00000300. The molecule has 10 heteroatoms. The van der Waals surface area contributed by atoms with Crippen LogP contribution in [0.25, 0.3) is 0 Å². The van der Waals surface area contributed by atoms with Crippen LogP contribution < -0.4 is 10.2 Å². The Hall–Kier alpha value is -2.11. The smallest absolute Gasteiger partial charge is 0.246 e. The fraction of sp³-hybridized carbons (Fsp3) is 0.579. The number of amides is 1. The van der Waals surface area contributed by atoms with Crippen LogP contribution in [0.2, 0.25) is 0 Å². The van der Waals surface area contributed by atoms with Gasteiger partial charge in [-0.05, 0) is 25.8 Å². The lowest BCUT2D eigenvalue weighted by atomic mass is 10.2. The number of nitrogens with one attached hydrogen (secondary N) is 1. The highest BCUT2D eigenvalue weighted by molar-refractivity contribution is 14.0. The first-order valence-corrected chi connectivity index (χ1v) is 9.63. The van der Waals surface area contributed by atoms with E-state index in [1.165, 1.54) is 5.69 Å². The lowest BCUT2D eigenvalue weighted by Crippen LogP contribution is -2.55. The number of nitrogens with zero attached hydrogens (tertiary/aromatic N) is 7. The quantitative estimate of drug-likeness (QED) is 0.371. The molecule has 0 aromatic carbocycles. The van der Waals surface area contributed by atoms with Crippen molar-refractivity contribution in [1.29, 1.82) is 0 Å². The Morgan fingerprint density at radius 3 is 2.66 bits per heavy atom. The Bertz CT molecular complexity index is 858. The second kappa shape index (κ2) is 10.1. The second-order valence-electron chi connectivity index (χ2n) is 7.48. The predicted octanol–water partition coefficient (Wildman–Crippen LogP) is 1.41. The van der Waals surface area contributed by atoms with Gasteiger partial charge in [-0.15, -0.1) is 24.0 Å². The first-order valence-electron chi connectivity index (χ1n) is 9.63.